The van der Waals surface area contributed by atoms with Crippen LogP contribution in [-0.2, 0) is 23.9 Å². The Bertz CT molecular complexity index is 807. The van der Waals surface area contributed by atoms with Crippen LogP contribution in [0, 0.1) is 11.7 Å². The molecule has 1 saturated heterocycles. The zero-order chi connectivity index (χ0) is 21.7. The largest absolute Gasteiger partial charge is 0.455 e. The number of nitrogens with zero attached hydrogens (tertiary/aromatic N) is 2. The lowest BCUT2D eigenvalue weighted by atomic mass is 10.1. The SMILES string of the molecule is CN(CC(=O)Nc1ccc(F)cc1)C(=O)COC(=O)[C@H]1CC(=O)N(C2CCCC2)C1. The summed E-state index contributed by atoms with van der Waals surface area (Å²) < 4.78 is 18.0. The van der Waals surface area contributed by atoms with Crippen LogP contribution in [0.2, 0.25) is 0 Å². The van der Waals surface area contributed by atoms with Gasteiger partial charge in [0.15, 0.2) is 6.61 Å². The number of anilines is 1. The highest BCUT2D eigenvalue weighted by atomic mass is 19.1. The minimum Gasteiger partial charge on any atom is -0.455 e. The van der Waals surface area contributed by atoms with E-state index in [1.807, 2.05) is 0 Å². The molecule has 0 spiro atoms. The Morgan fingerprint density at radius 2 is 1.87 bits per heavy atom. The fourth-order valence-corrected chi connectivity index (χ4v) is 3.86. The topological polar surface area (TPSA) is 96.0 Å². The van der Waals surface area contributed by atoms with E-state index in [2.05, 4.69) is 5.32 Å². The summed E-state index contributed by atoms with van der Waals surface area (Å²) in [4.78, 5) is 51.6. The highest BCUT2D eigenvalue weighted by Gasteiger charge is 2.39. The van der Waals surface area contributed by atoms with E-state index in [0.717, 1.165) is 30.6 Å². The molecule has 8 nitrogen and oxygen atoms in total. The second-order valence-electron chi connectivity index (χ2n) is 7.80. The molecule has 1 heterocycles. The van der Waals surface area contributed by atoms with Crippen LogP contribution in [0.25, 0.3) is 0 Å². The highest BCUT2D eigenvalue weighted by Crippen LogP contribution is 2.29. The predicted octanol–water partition coefficient (Wildman–Crippen LogP) is 1.56. The highest BCUT2D eigenvalue weighted by molar-refractivity contribution is 5.95. The molecule has 1 saturated carbocycles. The summed E-state index contributed by atoms with van der Waals surface area (Å²) in [6, 6.07) is 5.46. The Kier molecular flexibility index (Phi) is 7.02. The molecule has 162 valence electrons. The van der Waals surface area contributed by atoms with Crippen molar-refractivity contribution in [2.24, 2.45) is 5.92 Å². The lowest BCUT2D eigenvalue weighted by Gasteiger charge is -2.23. The van der Waals surface area contributed by atoms with E-state index in [9.17, 15) is 23.6 Å². The van der Waals surface area contributed by atoms with Gasteiger partial charge >= 0.3 is 5.97 Å². The summed E-state index contributed by atoms with van der Waals surface area (Å²) in [5.74, 6) is -2.58. The number of rotatable bonds is 7. The van der Waals surface area contributed by atoms with Crippen molar-refractivity contribution in [2.75, 3.05) is 32.1 Å². The van der Waals surface area contributed by atoms with Gasteiger partial charge in [0.1, 0.15) is 5.82 Å². The van der Waals surface area contributed by atoms with Crippen LogP contribution >= 0.6 is 0 Å². The summed E-state index contributed by atoms with van der Waals surface area (Å²) in [6.45, 7) is -0.398. The molecule has 1 N–H and O–H groups in total. The molecule has 0 radical (unpaired) electrons. The number of nitrogens with one attached hydrogen (secondary N) is 1. The average molecular weight is 419 g/mol. The number of hydrogen-bond acceptors (Lipinski definition) is 5. The lowest BCUT2D eigenvalue weighted by molar-refractivity contribution is -0.155. The van der Waals surface area contributed by atoms with Gasteiger partial charge < -0.3 is 19.9 Å². The molecule has 1 atom stereocenters. The van der Waals surface area contributed by atoms with Crippen LogP contribution in [0.15, 0.2) is 24.3 Å². The van der Waals surface area contributed by atoms with Gasteiger partial charge in [-0.3, -0.25) is 19.2 Å². The number of amides is 3. The third kappa shape index (κ3) is 5.55. The summed E-state index contributed by atoms with van der Waals surface area (Å²) in [5.41, 5.74) is 0.409. The predicted molar refractivity (Wildman–Crippen MR) is 106 cm³/mol. The molecule has 2 aliphatic rings. The third-order valence-electron chi connectivity index (χ3n) is 5.53. The summed E-state index contributed by atoms with van der Waals surface area (Å²) >= 11 is 0. The van der Waals surface area contributed by atoms with E-state index in [0.29, 0.717) is 12.2 Å². The standard InChI is InChI=1S/C21H26FN3O5/c1-24(12-18(26)23-16-8-6-15(22)7-9-16)20(28)13-30-21(29)14-10-19(27)25(11-14)17-4-2-3-5-17/h6-9,14,17H,2-5,10-13H2,1H3,(H,23,26)/t14-/m0/s1. The van der Waals surface area contributed by atoms with Crippen molar-refractivity contribution < 1.29 is 28.3 Å². The van der Waals surface area contributed by atoms with Crippen molar-refractivity contribution >= 4 is 29.4 Å². The Morgan fingerprint density at radius 1 is 1.20 bits per heavy atom. The Labute approximate surface area is 174 Å². The summed E-state index contributed by atoms with van der Waals surface area (Å²) in [5, 5.41) is 2.55. The van der Waals surface area contributed by atoms with Gasteiger partial charge in [0.25, 0.3) is 5.91 Å². The van der Waals surface area contributed by atoms with E-state index >= 15 is 0 Å². The molecule has 30 heavy (non-hydrogen) atoms. The van der Waals surface area contributed by atoms with E-state index < -0.39 is 36.1 Å². The molecule has 3 rings (SSSR count). The Morgan fingerprint density at radius 3 is 2.53 bits per heavy atom. The van der Waals surface area contributed by atoms with Crippen molar-refractivity contribution in [3.05, 3.63) is 30.1 Å². The number of hydrogen-bond donors (Lipinski definition) is 1. The van der Waals surface area contributed by atoms with Gasteiger partial charge in [0.2, 0.25) is 11.8 Å². The number of halogens is 1. The minimum absolute atomic E-state index is 0.0373. The summed E-state index contributed by atoms with van der Waals surface area (Å²) in [7, 11) is 1.42. The van der Waals surface area contributed by atoms with Gasteiger partial charge in [-0.2, -0.15) is 0 Å². The second kappa shape index (κ2) is 9.69. The van der Waals surface area contributed by atoms with Gasteiger partial charge in [-0.15, -0.1) is 0 Å². The molecule has 0 bridgehead atoms. The van der Waals surface area contributed by atoms with Crippen LogP contribution in [0.1, 0.15) is 32.1 Å². The molecule has 1 aliphatic heterocycles. The van der Waals surface area contributed by atoms with Crippen LogP contribution in [-0.4, -0.2) is 66.3 Å². The van der Waals surface area contributed by atoms with E-state index in [4.69, 9.17) is 4.74 Å². The first kappa shape index (κ1) is 21.7. The fourth-order valence-electron chi connectivity index (χ4n) is 3.86. The molecule has 1 aromatic rings. The van der Waals surface area contributed by atoms with Crippen molar-refractivity contribution in [2.45, 2.75) is 38.1 Å². The van der Waals surface area contributed by atoms with Crippen molar-refractivity contribution in [3.63, 3.8) is 0 Å². The molecular weight excluding hydrogens is 393 g/mol. The fraction of sp³-hybridized carbons (Fsp3) is 0.524. The molecule has 1 aromatic carbocycles. The molecule has 1 aliphatic carbocycles. The maximum atomic E-state index is 12.9. The average Bonchev–Trinajstić information content (AvgIpc) is 3.37. The maximum Gasteiger partial charge on any atom is 0.311 e. The summed E-state index contributed by atoms with van der Waals surface area (Å²) in [6.07, 6.45) is 4.24. The molecule has 0 unspecified atom stereocenters. The quantitative estimate of drug-likeness (QED) is 0.677. The van der Waals surface area contributed by atoms with Gasteiger partial charge in [0.05, 0.1) is 12.5 Å². The van der Waals surface area contributed by atoms with Crippen molar-refractivity contribution in [3.8, 4) is 0 Å². The number of carbonyl (C=O) groups is 4. The number of esters is 1. The van der Waals surface area contributed by atoms with E-state index in [1.165, 1.54) is 31.3 Å². The van der Waals surface area contributed by atoms with Gasteiger partial charge in [-0.25, -0.2) is 4.39 Å². The first-order valence-corrected chi connectivity index (χ1v) is 10.1. The molecular formula is C21H26FN3O5. The van der Waals surface area contributed by atoms with E-state index in [1.54, 1.807) is 4.90 Å². The Balaban J connectivity index is 1.40. The van der Waals surface area contributed by atoms with Crippen molar-refractivity contribution in [1.82, 2.24) is 9.80 Å². The smallest absolute Gasteiger partial charge is 0.311 e. The van der Waals surface area contributed by atoms with Gasteiger partial charge in [0, 0.05) is 31.7 Å². The molecule has 3 amide bonds. The van der Waals surface area contributed by atoms with Crippen LogP contribution in [0.3, 0.4) is 0 Å². The van der Waals surface area contributed by atoms with Crippen LogP contribution in [0.5, 0.6) is 0 Å². The maximum absolute atomic E-state index is 12.9. The third-order valence-corrected chi connectivity index (χ3v) is 5.53. The number of benzene rings is 1. The lowest BCUT2D eigenvalue weighted by Crippen LogP contribution is -2.38. The zero-order valence-electron chi connectivity index (χ0n) is 16.9. The number of likely N-dealkylation sites (N-methyl/N-ethyl adjacent to an activating group) is 1. The monoisotopic (exact) mass is 419 g/mol. The molecule has 2 fully saturated rings. The van der Waals surface area contributed by atoms with Crippen LogP contribution < -0.4 is 5.32 Å². The first-order valence-electron chi connectivity index (χ1n) is 10.1. The molecule has 0 aromatic heterocycles. The normalized spacial score (nSPS) is 19.1. The van der Waals surface area contributed by atoms with Crippen LogP contribution in [0.4, 0.5) is 10.1 Å². The van der Waals surface area contributed by atoms with Gasteiger partial charge in [-0.05, 0) is 37.1 Å². The van der Waals surface area contributed by atoms with Crippen molar-refractivity contribution in [1.29, 1.82) is 0 Å². The number of likely N-dealkylation sites (tertiary alicyclic amines) is 1. The van der Waals surface area contributed by atoms with Gasteiger partial charge in [-0.1, -0.05) is 12.8 Å². The molecule has 9 heteroatoms. The minimum atomic E-state index is -0.568. The number of carbonyl (C=O) groups excluding carboxylic acids is 4. The first-order chi connectivity index (χ1) is 14.3. The Hall–Kier alpha value is -2.97. The zero-order valence-corrected chi connectivity index (χ0v) is 16.9. The van der Waals surface area contributed by atoms with E-state index in [-0.39, 0.29) is 24.9 Å². The second-order valence-corrected chi connectivity index (χ2v) is 7.80. The number of ether oxygens (including phenoxy) is 1.